The van der Waals surface area contributed by atoms with Crippen molar-refractivity contribution in [2.24, 2.45) is 5.92 Å². The highest BCUT2D eigenvalue weighted by atomic mass is 16.2. The normalized spacial score (nSPS) is 13.7. The number of amides is 2. The molecule has 1 rings (SSSR count). The Labute approximate surface area is 116 Å². The summed E-state index contributed by atoms with van der Waals surface area (Å²) >= 11 is 0. The number of anilines is 1. The number of carbonyl (C=O) groups excluding carboxylic acids is 1. The van der Waals surface area contributed by atoms with Gasteiger partial charge in [0.1, 0.15) is 0 Å². The number of nitrogens with one attached hydrogen (secondary N) is 3. The first-order valence-electron chi connectivity index (χ1n) is 6.88. The van der Waals surface area contributed by atoms with Gasteiger partial charge in [-0.1, -0.05) is 32.4 Å². The van der Waals surface area contributed by atoms with Crippen molar-refractivity contribution in [3.05, 3.63) is 29.8 Å². The average molecular weight is 263 g/mol. The Morgan fingerprint density at radius 3 is 2.68 bits per heavy atom. The number of carbonyl (C=O) groups is 1. The minimum Gasteiger partial charge on any atom is -0.338 e. The molecule has 1 aromatic carbocycles. The highest BCUT2D eigenvalue weighted by Crippen LogP contribution is 2.16. The molecule has 0 aliphatic carbocycles. The third-order valence-corrected chi connectivity index (χ3v) is 3.39. The maximum absolute atomic E-state index is 11.7. The molecule has 0 bridgehead atoms. The Balaban J connectivity index is 2.54. The van der Waals surface area contributed by atoms with Gasteiger partial charge in [0, 0.05) is 18.3 Å². The lowest BCUT2D eigenvalue weighted by molar-refractivity contribution is 0.250. The Morgan fingerprint density at radius 1 is 1.32 bits per heavy atom. The molecule has 0 heterocycles. The van der Waals surface area contributed by atoms with E-state index in [9.17, 15) is 4.79 Å². The third-order valence-electron chi connectivity index (χ3n) is 3.39. The monoisotopic (exact) mass is 263 g/mol. The van der Waals surface area contributed by atoms with Crippen LogP contribution in [0.4, 0.5) is 10.5 Å². The fourth-order valence-corrected chi connectivity index (χ4v) is 1.64. The predicted octanol–water partition coefficient (Wildman–Crippen LogP) is 3.13. The van der Waals surface area contributed by atoms with Gasteiger partial charge in [-0.05, 0) is 37.6 Å². The first kappa shape index (κ1) is 15.5. The van der Waals surface area contributed by atoms with Gasteiger partial charge in [0.2, 0.25) is 0 Å². The first-order valence-corrected chi connectivity index (χ1v) is 6.88. The second kappa shape index (κ2) is 7.79. The van der Waals surface area contributed by atoms with E-state index in [1.807, 2.05) is 31.3 Å². The molecule has 1 aromatic rings. The minimum atomic E-state index is -0.144. The van der Waals surface area contributed by atoms with Crippen molar-refractivity contribution in [2.75, 3.05) is 18.9 Å². The summed E-state index contributed by atoms with van der Waals surface area (Å²) < 4.78 is 0. The van der Waals surface area contributed by atoms with Crippen LogP contribution < -0.4 is 16.0 Å². The van der Waals surface area contributed by atoms with Crippen LogP contribution in [0, 0.1) is 5.92 Å². The van der Waals surface area contributed by atoms with Gasteiger partial charge in [0.15, 0.2) is 0 Å². The summed E-state index contributed by atoms with van der Waals surface area (Å²) in [7, 11) is 1.92. The van der Waals surface area contributed by atoms with Crippen LogP contribution in [-0.4, -0.2) is 19.6 Å². The summed E-state index contributed by atoms with van der Waals surface area (Å²) in [4.78, 5) is 11.7. The van der Waals surface area contributed by atoms with Crippen molar-refractivity contribution >= 4 is 11.7 Å². The number of rotatable bonds is 6. The van der Waals surface area contributed by atoms with Crippen LogP contribution in [0.15, 0.2) is 24.3 Å². The summed E-state index contributed by atoms with van der Waals surface area (Å²) in [5.41, 5.74) is 1.98. The van der Waals surface area contributed by atoms with Crippen LogP contribution in [0.25, 0.3) is 0 Å². The largest absolute Gasteiger partial charge is 0.338 e. The maximum Gasteiger partial charge on any atom is 0.319 e. The molecule has 0 aromatic heterocycles. The lowest BCUT2D eigenvalue weighted by Gasteiger charge is -2.14. The molecule has 0 saturated carbocycles. The fourth-order valence-electron chi connectivity index (χ4n) is 1.64. The van der Waals surface area contributed by atoms with Gasteiger partial charge in [-0.2, -0.15) is 0 Å². The highest BCUT2D eigenvalue weighted by molar-refractivity contribution is 5.89. The zero-order chi connectivity index (χ0) is 14.3. The van der Waals surface area contributed by atoms with Gasteiger partial charge in [0.25, 0.3) is 0 Å². The van der Waals surface area contributed by atoms with Crippen molar-refractivity contribution in [2.45, 2.75) is 33.2 Å². The molecule has 0 aliphatic rings. The zero-order valence-corrected chi connectivity index (χ0v) is 12.3. The lowest BCUT2D eigenvalue weighted by Crippen LogP contribution is -2.32. The second-order valence-corrected chi connectivity index (χ2v) is 4.98. The molecule has 2 atom stereocenters. The number of hydrogen-bond donors (Lipinski definition) is 3. The minimum absolute atomic E-state index is 0.144. The molecular weight excluding hydrogens is 238 g/mol. The molecule has 2 unspecified atom stereocenters. The molecule has 106 valence electrons. The van der Waals surface area contributed by atoms with E-state index in [-0.39, 0.29) is 12.1 Å². The Bertz CT molecular complexity index is 406. The Kier molecular flexibility index (Phi) is 6.36. The molecule has 0 saturated heterocycles. The molecule has 4 nitrogen and oxygen atoms in total. The average Bonchev–Trinajstić information content (AvgIpc) is 2.44. The van der Waals surface area contributed by atoms with Gasteiger partial charge < -0.3 is 16.0 Å². The number of benzene rings is 1. The molecule has 3 N–H and O–H groups in total. The summed E-state index contributed by atoms with van der Waals surface area (Å²) in [6, 6.07) is 8.01. The Morgan fingerprint density at radius 2 is 2.05 bits per heavy atom. The standard InChI is InChI=1S/C15H25N3O/c1-5-11(2)10-17-15(19)18-14-8-6-7-13(9-14)12(3)16-4/h6-9,11-12,16H,5,10H2,1-4H3,(H2,17,18,19). The molecule has 0 aliphatic heterocycles. The van der Waals surface area contributed by atoms with Crippen LogP contribution >= 0.6 is 0 Å². The van der Waals surface area contributed by atoms with Crippen molar-refractivity contribution in [3.63, 3.8) is 0 Å². The summed E-state index contributed by atoms with van der Waals surface area (Å²) in [5.74, 6) is 0.501. The van der Waals surface area contributed by atoms with Crippen LogP contribution in [0.2, 0.25) is 0 Å². The molecule has 0 fully saturated rings. The van der Waals surface area contributed by atoms with Crippen molar-refractivity contribution in [3.8, 4) is 0 Å². The van der Waals surface area contributed by atoms with Crippen LogP contribution in [0.1, 0.15) is 38.8 Å². The zero-order valence-electron chi connectivity index (χ0n) is 12.3. The van der Waals surface area contributed by atoms with E-state index in [0.29, 0.717) is 12.5 Å². The first-order chi connectivity index (χ1) is 9.06. The predicted molar refractivity (Wildman–Crippen MR) is 80.4 cm³/mol. The SMILES string of the molecule is CCC(C)CNC(=O)Nc1cccc(C(C)NC)c1. The van der Waals surface area contributed by atoms with Gasteiger partial charge in [-0.3, -0.25) is 0 Å². The summed E-state index contributed by atoms with van der Waals surface area (Å²) in [5, 5.41) is 8.92. The summed E-state index contributed by atoms with van der Waals surface area (Å²) in [6.07, 6.45) is 1.06. The lowest BCUT2D eigenvalue weighted by atomic mass is 10.1. The van der Waals surface area contributed by atoms with E-state index >= 15 is 0 Å². The van der Waals surface area contributed by atoms with Crippen LogP contribution in [0.5, 0.6) is 0 Å². The third kappa shape index (κ3) is 5.30. The number of urea groups is 1. The Hall–Kier alpha value is -1.55. The van der Waals surface area contributed by atoms with E-state index in [1.54, 1.807) is 0 Å². The second-order valence-electron chi connectivity index (χ2n) is 4.98. The van der Waals surface area contributed by atoms with Gasteiger partial charge in [-0.15, -0.1) is 0 Å². The van der Waals surface area contributed by atoms with Crippen molar-refractivity contribution in [1.29, 1.82) is 0 Å². The molecule has 19 heavy (non-hydrogen) atoms. The van der Waals surface area contributed by atoms with Crippen molar-refractivity contribution < 1.29 is 4.79 Å². The molecule has 4 heteroatoms. The highest BCUT2D eigenvalue weighted by Gasteiger charge is 2.06. The topological polar surface area (TPSA) is 53.2 Å². The smallest absolute Gasteiger partial charge is 0.319 e. The van der Waals surface area contributed by atoms with Crippen LogP contribution in [0.3, 0.4) is 0 Å². The van der Waals surface area contributed by atoms with E-state index in [4.69, 9.17) is 0 Å². The molecular formula is C15H25N3O. The van der Waals surface area contributed by atoms with E-state index in [1.165, 1.54) is 0 Å². The van der Waals surface area contributed by atoms with Crippen LogP contribution in [-0.2, 0) is 0 Å². The fraction of sp³-hybridized carbons (Fsp3) is 0.533. The van der Waals surface area contributed by atoms with E-state index < -0.39 is 0 Å². The van der Waals surface area contributed by atoms with E-state index in [2.05, 4.69) is 36.7 Å². The summed E-state index contributed by atoms with van der Waals surface area (Å²) in [6.45, 7) is 7.03. The van der Waals surface area contributed by atoms with Gasteiger partial charge in [-0.25, -0.2) is 4.79 Å². The quantitative estimate of drug-likeness (QED) is 0.738. The maximum atomic E-state index is 11.7. The number of hydrogen-bond acceptors (Lipinski definition) is 2. The molecule has 0 spiro atoms. The molecule has 2 amide bonds. The molecule has 0 radical (unpaired) electrons. The van der Waals surface area contributed by atoms with E-state index in [0.717, 1.165) is 17.7 Å². The van der Waals surface area contributed by atoms with Gasteiger partial charge in [0.05, 0.1) is 0 Å². The van der Waals surface area contributed by atoms with Gasteiger partial charge >= 0.3 is 6.03 Å². The van der Waals surface area contributed by atoms with Crippen molar-refractivity contribution in [1.82, 2.24) is 10.6 Å².